The Bertz CT molecular complexity index is 379. The van der Waals surface area contributed by atoms with E-state index in [2.05, 4.69) is 5.32 Å². The number of aliphatic hydroxyl groups excluding tert-OH is 1. The molecule has 1 atom stereocenters. The molecule has 100 valence electrons. The Hall–Kier alpha value is -1.62. The fourth-order valence-electron chi connectivity index (χ4n) is 1.57. The Kier molecular flexibility index (Phi) is 5.58. The van der Waals surface area contributed by atoms with Crippen LogP contribution in [0, 0.1) is 5.82 Å². The molecule has 18 heavy (non-hydrogen) atoms. The summed E-state index contributed by atoms with van der Waals surface area (Å²) in [6, 6.07) is 5.73. The van der Waals surface area contributed by atoms with Crippen LogP contribution in [0.15, 0.2) is 24.3 Å². The van der Waals surface area contributed by atoms with E-state index in [1.54, 1.807) is 19.1 Å². The zero-order valence-corrected chi connectivity index (χ0v) is 10.7. The second kappa shape index (κ2) is 6.96. The lowest BCUT2D eigenvalue weighted by atomic mass is 10.2. The van der Waals surface area contributed by atoms with Crippen LogP contribution in [0.3, 0.4) is 0 Å². The quantitative estimate of drug-likeness (QED) is 0.841. The molecule has 0 aromatic heterocycles. The summed E-state index contributed by atoms with van der Waals surface area (Å²) in [6.45, 7) is 4.65. The number of nitrogens with zero attached hydrogens (tertiary/aromatic N) is 1. The van der Waals surface area contributed by atoms with Crippen LogP contribution in [0.5, 0.6) is 0 Å². The third-order valence-corrected chi connectivity index (χ3v) is 2.51. The third kappa shape index (κ3) is 4.71. The Morgan fingerprint density at radius 2 is 2.06 bits per heavy atom. The number of carbonyl (C=O) groups excluding carboxylic acids is 1. The molecule has 0 aliphatic heterocycles. The van der Waals surface area contributed by atoms with E-state index in [1.165, 1.54) is 17.0 Å². The lowest BCUT2D eigenvalue weighted by Crippen LogP contribution is -2.42. The smallest absolute Gasteiger partial charge is 0.317 e. The summed E-state index contributed by atoms with van der Waals surface area (Å²) in [6.07, 6.45) is -0.554. The number of halogens is 1. The van der Waals surface area contributed by atoms with Crippen molar-refractivity contribution < 1.29 is 14.3 Å². The molecule has 0 radical (unpaired) electrons. The maximum absolute atomic E-state index is 12.7. The maximum Gasteiger partial charge on any atom is 0.317 e. The number of benzene rings is 1. The van der Waals surface area contributed by atoms with Crippen LogP contribution in [-0.2, 0) is 6.54 Å². The highest BCUT2D eigenvalue weighted by Gasteiger charge is 2.12. The van der Waals surface area contributed by atoms with Gasteiger partial charge in [-0.05, 0) is 31.5 Å². The van der Waals surface area contributed by atoms with Crippen LogP contribution in [0.25, 0.3) is 0 Å². The van der Waals surface area contributed by atoms with E-state index >= 15 is 0 Å². The van der Waals surface area contributed by atoms with Crippen molar-refractivity contribution in [3.8, 4) is 0 Å². The number of urea groups is 1. The average Bonchev–Trinajstić information content (AvgIpc) is 2.34. The molecule has 0 heterocycles. The largest absolute Gasteiger partial charge is 0.392 e. The fourth-order valence-corrected chi connectivity index (χ4v) is 1.57. The maximum atomic E-state index is 12.7. The summed E-state index contributed by atoms with van der Waals surface area (Å²) < 4.78 is 12.7. The monoisotopic (exact) mass is 254 g/mol. The number of hydrogen-bond donors (Lipinski definition) is 2. The van der Waals surface area contributed by atoms with E-state index in [0.717, 1.165) is 5.56 Å². The van der Waals surface area contributed by atoms with Crippen molar-refractivity contribution in [1.82, 2.24) is 10.2 Å². The van der Waals surface area contributed by atoms with E-state index < -0.39 is 6.10 Å². The first kappa shape index (κ1) is 14.4. The Morgan fingerprint density at radius 1 is 1.44 bits per heavy atom. The minimum Gasteiger partial charge on any atom is -0.392 e. The summed E-state index contributed by atoms with van der Waals surface area (Å²) >= 11 is 0. The SMILES string of the molecule is CCN(C[C@@H](C)O)C(=O)NCc1ccc(F)cc1. The van der Waals surface area contributed by atoms with Gasteiger partial charge in [0.2, 0.25) is 0 Å². The number of amides is 2. The highest BCUT2D eigenvalue weighted by molar-refractivity contribution is 5.74. The molecule has 1 aromatic rings. The number of rotatable bonds is 5. The van der Waals surface area contributed by atoms with Crippen molar-refractivity contribution in [2.75, 3.05) is 13.1 Å². The molecule has 0 spiro atoms. The standard InChI is InChI=1S/C13H19FN2O2/c1-3-16(9-10(2)17)13(18)15-8-11-4-6-12(14)7-5-11/h4-7,10,17H,3,8-9H2,1-2H3,(H,15,18)/t10-/m1/s1. The minimum absolute atomic E-state index is 0.234. The number of hydrogen-bond acceptors (Lipinski definition) is 2. The number of aliphatic hydroxyl groups is 1. The first-order chi connectivity index (χ1) is 8.52. The van der Waals surface area contributed by atoms with Crippen LogP contribution >= 0.6 is 0 Å². The molecule has 0 bridgehead atoms. The van der Waals surface area contributed by atoms with Gasteiger partial charge in [0, 0.05) is 19.6 Å². The highest BCUT2D eigenvalue weighted by atomic mass is 19.1. The van der Waals surface area contributed by atoms with E-state index in [4.69, 9.17) is 0 Å². The van der Waals surface area contributed by atoms with Crippen LogP contribution in [0.4, 0.5) is 9.18 Å². The fraction of sp³-hybridized carbons (Fsp3) is 0.462. The Labute approximate surface area is 106 Å². The van der Waals surface area contributed by atoms with Gasteiger partial charge < -0.3 is 15.3 Å². The van der Waals surface area contributed by atoms with Gasteiger partial charge in [-0.25, -0.2) is 9.18 Å². The Morgan fingerprint density at radius 3 is 2.56 bits per heavy atom. The van der Waals surface area contributed by atoms with Crippen LogP contribution in [0.1, 0.15) is 19.4 Å². The third-order valence-electron chi connectivity index (χ3n) is 2.51. The molecular formula is C13H19FN2O2. The molecule has 0 saturated heterocycles. The van der Waals surface area contributed by atoms with Gasteiger partial charge in [-0.15, -0.1) is 0 Å². The molecule has 0 fully saturated rings. The molecule has 0 aliphatic carbocycles. The highest BCUT2D eigenvalue weighted by Crippen LogP contribution is 2.02. The van der Waals surface area contributed by atoms with Gasteiger partial charge in [0.05, 0.1) is 6.10 Å². The molecule has 0 saturated carbocycles. The zero-order chi connectivity index (χ0) is 13.5. The minimum atomic E-state index is -0.554. The van der Waals surface area contributed by atoms with E-state index in [-0.39, 0.29) is 11.8 Å². The van der Waals surface area contributed by atoms with E-state index in [0.29, 0.717) is 19.6 Å². The molecule has 1 aromatic carbocycles. The molecular weight excluding hydrogens is 235 g/mol. The summed E-state index contributed by atoms with van der Waals surface area (Å²) in [7, 11) is 0. The molecule has 0 aliphatic rings. The summed E-state index contributed by atoms with van der Waals surface area (Å²) in [5.41, 5.74) is 0.831. The summed E-state index contributed by atoms with van der Waals surface area (Å²) in [5, 5.41) is 12.0. The lowest BCUT2D eigenvalue weighted by molar-refractivity contribution is 0.135. The molecule has 1 rings (SSSR count). The van der Waals surface area contributed by atoms with Crippen LogP contribution < -0.4 is 5.32 Å². The number of carbonyl (C=O) groups is 1. The van der Waals surface area contributed by atoms with Crippen molar-refractivity contribution in [3.05, 3.63) is 35.6 Å². The number of nitrogens with one attached hydrogen (secondary N) is 1. The van der Waals surface area contributed by atoms with Crippen molar-refractivity contribution in [1.29, 1.82) is 0 Å². The van der Waals surface area contributed by atoms with Gasteiger partial charge in [0.1, 0.15) is 5.82 Å². The van der Waals surface area contributed by atoms with Gasteiger partial charge in [0.25, 0.3) is 0 Å². The molecule has 0 unspecified atom stereocenters. The van der Waals surface area contributed by atoms with Crippen molar-refractivity contribution >= 4 is 6.03 Å². The summed E-state index contributed by atoms with van der Waals surface area (Å²) in [5.74, 6) is -0.297. The van der Waals surface area contributed by atoms with E-state index in [1.807, 2.05) is 6.92 Å². The lowest BCUT2D eigenvalue weighted by Gasteiger charge is -2.22. The first-order valence-corrected chi connectivity index (χ1v) is 5.98. The molecule has 2 amide bonds. The normalized spacial score (nSPS) is 12.0. The van der Waals surface area contributed by atoms with Crippen molar-refractivity contribution in [2.24, 2.45) is 0 Å². The van der Waals surface area contributed by atoms with Crippen molar-refractivity contribution in [2.45, 2.75) is 26.5 Å². The van der Waals surface area contributed by atoms with Gasteiger partial charge in [-0.2, -0.15) is 0 Å². The topological polar surface area (TPSA) is 52.6 Å². The van der Waals surface area contributed by atoms with Gasteiger partial charge in [-0.1, -0.05) is 12.1 Å². The second-order valence-corrected chi connectivity index (χ2v) is 4.17. The first-order valence-electron chi connectivity index (χ1n) is 5.98. The predicted octanol–water partition coefficient (Wildman–Crippen LogP) is 1.74. The van der Waals surface area contributed by atoms with Gasteiger partial charge in [-0.3, -0.25) is 0 Å². The molecule has 2 N–H and O–H groups in total. The van der Waals surface area contributed by atoms with Gasteiger partial charge >= 0.3 is 6.03 Å². The molecule has 4 nitrogen and oxygen atoms in total. The Balaban J connectivity index is 2.46. The summed E-state index contributed by atoms with van der Waals surface area (Å²) in [4.78, 5) is 13.3. The van der Waals surface area contributed by atoms with Crippen LogP contribution in [0.2, 0.25) is 0 Å². The molecule has 5 heteroatoms. The van der Waals surface area contributed by atoms with E-state index in [9.17, 15) is 14.3 Å². The predicted molar refractivity (Wildman–Crippen MR) is 67.6 cm³/mol. The zero-order valence-electron chi connectivity index (χ0n) is 10.7. The van der Waals surface area contributed by atoms with Gasteiger partial charge in [0.15, 0.2) is 0 Å². The average molecular weight is 254 g/mol. The second-order valence-electron chi connectivity index (χ2n) is 4.17. The van der Waals surface area contributed by atoms with Crippen molar-refractivity contribution in [3.63, 3.8) is 0 Å². The number of likely N-dealkylation sites (N-methyl/N-ethyl adjacent to an activating group) is 1. The van der Waals surface area contributed by atoms with Crippen LogP contribution in [-0.4, -0.2) is 35.2 Å².